The van der Waals surface area contributed by atoms with Gasteiger partial charge >= 0.3 is 0 Å². The molecular formula is C16H21NO3. The molecule has 1 aromatic rings. The summed E-state index contributed by atoms with van der Waals surface area (Å²) in [6, 6.07) is 6.93. The lowest BCUT2D eigenvalue weighted by Gasteiger charge is -2.19. The maximum absolute atomic E-state index is 12.0. The lowest BCUT2D eigenvalue weighted by atomic mass is 9.94. The lowest BCUT2D eigenvalue weighted by molar-refractivity contribution is -0.129. The molecule has 0 saturated heterocycles. The summed E-state index contributed by atoms with van der Waals surface area (Å²) in [5.74, 6) is 0.751. The van der Waals surface area contributed by atoms with Crippen molar-refractivity contribution in [3.63, 3.8) is 0 Å². The van der Waals surface area contributed by atoms with Crippen LogP contribution in [0.3, 0.4) is 0 Å². The van der Waals surface area contributed by atoms with Gasteiger partial charge in [-0.25, -0.2) is 0 Å². The minimum atomic E-state index is -1.15. The summed E-state index contributed by atoms with van der Waals surface area (Å²) in [4.78, 5) is 12.0. The number of allylic oxidation sites excluding steroid dienone is 2. The molecule has 1 amide bonds. The highest BCUT2D eigenvalue weighted by molar-refractivity contribution is 5.82. The molecule has 20 heavy (non-hydrogen) atoms. The van der Waals surface area contributed by atoms with Crippen molar-refractivity contribution in [1.82, 2.24) is 5.32 Å². The first-order valence-electron chi connectivity index (χ1n) is 6.95. The minimum absolute atomic E-state index is 0.354. The van der Waals surface area contributed by atoms with Crippen LogP contribution in [0.15, 0.2) is 36.4 Å². The summed E-state index contributed by atoms with van der Waals surface area (Å²) < 4.78 is 5.09. The molecule has 2 N–H and O–H groups in total. The van der Waals surface area contributed by atoms with Crippen molar-refractivity contribution < 1.29 is 14.6 Å². The molecule has 1 aliphatic rings. The molecule has 0 bridgehead atoms. The van der Waals surface area contributed by atoms with E-state index in [1.165, 1.54) is 0 Å². The molecule has 1 aromatic carbocycles. The lowest BCUT2D eigenvalue weighted by Crippen LogP contribution is -2.33. The predicted molar refractivity (Wildman–Crippen MR) is 77.4 cm³/mol. The first-order chi connectivity index (χ1) is 9.70. The van der Waals surface area contributed by atoms with Crippen LogP contribution in [-0.2, 0) is 4.79 Å². The number of aliphatic hydroxyl groups is 1. The molecule has 0 saturated carbocycles. The van der Waals surface area contributed by atoms with E-state index in [1.54, 1.807) is 31.4 Å². The van der Waals surface area contributed by atoms with E-state index in [2.05, 4.69) is 17.5 Å². The van der Waals surface area contributed by atoms with Gasteiger partial charge in [-0.05, 0) is 42.9 Å². The zero-order chi connectivity index (χ0) is 14.4. The average molecular weight is 275 g/mol. The molecule has 108 valence electrons. The van der Waals surface area contributed by atoms with E-state index in [4.69, 9.17) is 4.74 Å². The van der Waals surface area contributed by atoms with Crippen molar-refractivity contribution in [2.75, 3.05) is 13.7 Å². The normalized spacial score (nSPS) is 19.4. The number of methoxy groups -OCH3 is 1. The standard InChI is InChI=1S/C16H21NO3/c1-20-14-9-5-8-13(10-14)15(18)16(19)17-11-12-6-3-2-4-7-12/h2-3,5,8-10,12,15,18H,4,6-7,11H2,1H3,(H,17,19)/t12-,15-/m0/s1. The van der Waals surface area contributed by atoms with Gasteiger partial charge in [-0.2, -0.15) is 0 Å². The van der Waals surface area contributed by atoms with Crippen molar-refractivity contribution in [2.45, 2.75) is 25.4 Å². The summed E-state index contributed by atoms with van der Waals surface area (Å²) in [6.07, 6.45) is 6.33. The van der Waals surface area contributed by atoms with Crippen molar-refractivity contribution in [1.29, 1.82) is 0 Å². The fourth-order valence-electron chi connectivity index (χ4n) is 2.35. The highest BCUT2D eigenvalue weighted by Crippen LogP contribution is 2.20. The highest BCUT2D eigenvalue weighted by atomic mass is 16.5. The van der Waals surface area contributed by atoms with Crippen molar-refractivity contribution in [2.24, 2.45) is 5.92 Å². The van der Waals surface area contributed by atoms with E-state index in [0.29, 0.717) is 23.8 Å². The van der Waals surface area contributed by atoms with Gasteiger partial charge in [0.25, 0.3) is 5.91 Å². The van der Waals surface area contributed by atoms with Gasteiger partial charge in [-0.15, -0.1) is 0 Å². The van der Waals surface area contributed by atoms with Gasteiger partial charge in [0.2, 0.25) is 0 Å². The average Bonchev–Trinajstić information content (AvgIpc) is 2.53. The smallest absolute Gasteiger partial charge is 0.253 e. The Kier molecular flexibility index (Phi) is 5.18. The van der Waals surface area contributed by atoms with Crippen LogP contribution in [0, 0.1) is 5.92 Å². The molecule has 0 radical (unpaired) electrons. The van der Waals surface area contributed by atoms with E-state index >= 15 is 0 Å². The highest BCUT2D eigenvalue weighted by Gasteiger charge is 2.19. The van der Waals surface area contributed by atoms with Crippen molar-refractivity contribution in [3.05, 3.63) is 42.0 Å². The molecule has 1 aliphatic carbocycles. The molecule has 4 heteroatoms. The van der Waals surface area contributed by atoms with Gasteiger partial charge < -0.3 is 15.2 Å². The molecule has 4 nitrogen and oxygen atoms in total. The molecule has 0 aromatic heterocycles. The molecule has 2 atom stereocenters. The van der Waals surface area contributed by atoms with Crippen LogP contribution in [0.4, 0.5) is 0 Å². The van der Waals surface area contributed by atoms with Crippen LogP contribution in [0.2, 0.25) is 0 Å². The van der Waals surface area contributed by atoms with Crippen LogP contribution in [0.5, 0.6) is 5.75 Å². The first-order valence-corrected chi connectivity index (χ1v) is 6.95. The molecule has 0 spiro atoms. The number of hydrogen-bond acceptors (Lipinski definition) is 3. The Labute approximate surface area is 119 Å². The molecule has 0 aliphatic heterocycles. The Balaban J connectivity index is 1.89. The Morgan fingerprint density at radius 2 is 2.35 bits per heavy atom. The molecule has 2 rings (SSSR count). The third-order valence-corrected chi connectivity index (χ3v) is 3.60. The molecule has 0 heterocycles. The second-order valence-corrected chi connectivity index (χ2v) is 5.07. The SMILES string of the molecule is COc1cccc([C@H](O)C(=O)NC[C@H]2CC=CCC2)c1. The number of carbonyl (C=O) groups is 1. The molecule has 0 fully saturated rings. The number of carbonyl (C=O) groups excluding carboxylic acids is 1. The fraction of sp³-hybridized carbons (Fsp3) is 0.438. The minimum Gasteiger partial charge on any atom is -0.497 e. The Morgan fingerprint density at radius 3 is 3.05 bits per heavy atom. The zero-order valence-corrected chi connectivity index (χ0v) is 11.7. The van der Waals surface area contributed by atoms with Gasteiger partial charge in [0, 0.05) is 6.54 Å². The quantitative estimate of drug-likeness (QED) is 0.810. The van der Waals surface area contributed by atoms with E-state index in [0.717, 1.165) is 19.3 Å². The van der Waals surface area contributed by atoms with Gasteiger partial charge in [0.15, 0.2) is 6.10 Å². The third kappa shape index (κ3) is 3.84. The summed E-state index contributed by atoms with van der Waals surface area (Å²) in [5, 5.41) is 12.9. The topological polar surface area (TPSA) is 58.6 Å². The van der Waals surface area contributed by atoms with Gasteiger partial charge in [-0.3, -0.25) is 4.79 Å². The van der Waals surface area contributed by atoms with E-state index in [1.807, 2.05) is 0 Å². The number of rotatable bonds is 5. The summed E-state index contributed by atoms with van der Waals surface area (Å²) >= 11 is 0. The van der Waals surface area contributed by atoms with Crippen LogP contribution in [0.1, 0.15) is 30.9 Å². The Hall–Kier alpha value is -1.81. The Bertz CT molecular complexity index is 484. The number of benzene rings is 1. The monoisotopic (exact) mass is 275 g/mol. The Morgan fingerprint density at radius 1 is 1.50 bits per heavy atom. The third-order valence-electron chi connectivity index (χ3n) is 3.60. The fourth-order valence-corrected chi connectivity index (χ4v) is 2.35. The maximum atomic E-state index is 12.0. The number of aliphatic hydroxyl groups excluding tert-OH is 1. The van der Waals surface area contributed by atoms with Crippen molar-refractivity contribution in [3.8, 4) is 5.75 Å². The second-order valence-electron chi connectivity index (χ2n) is 5.07. The number of nitrogens with one attached hydrogen (secondary N) is 1. The number of ether oxygens (including phenoxy) is 1. The van der Waals surface area contributed by atoms with Crippen LogP contribution in [-0.4, -0.2) is 24.7 Å². The summed E-state index contributed by atoms with van der Waals surface area (Å²) in [5.41, 5.74) is 0.547. The summed E-state index contributed by atoms with van der Waals surface area (Å²) in [7, 11) is 1.56. The van der Waals surface area contributed by atoms with Gasteiger partial charge in [0.1, 0.15) is 5.75 Å². The largest absolute Gasteiger partial charge is 0.497 e. The predicted octanol–water partition coefficient (Wildman–Crippen LogP) is 2.20. The molecule has 0 unspecified atom stereocenters. The zero-order valence-electron chi connectivity index (χ0n) is 11.7. The van der Waals surface area contributed by atoms with Crippen molar-refractivity contribution >= 4 is 5.91 Å². The second kappa shape index (κ2) is 7.10. The first kappa shape index (κ1) is 14.6. The van der Waals surface area contributed by atoms with Crippen LogP contribution < -0.4 is 10.1 Å². The maximum Gasteiger partial charge on any atom is 0.253 e. The van der Waals surface area contributed by atoms with E-state index < -0.39 is 6.10 Å². The van der Waals surface area contributed by atoms with Gasteiger partial charge in [-0.1, -0.05) is 24.3 Å². The van der Waals surface area contributed by atoms with Gasteiger partial charge in [0.05, 0.1) is 7.11 Å². The van der Waals surface area contributed by atoms with Crippen LogP contribution in [0.25, 0.3) is 0 Å². The van der Waals surface area contributed by atoms with Crippen LogP contribution >= 0.6 is 0 Å². The summed E-state index contributed by atoms with van der Waals surface area (Å²) in [6.45, 7) is 0.615. The number of hydrogen-bond donors (Lipinski definition) is 2. The molecular weight excluding hydrogens is 254 g/mol. The van der Waals surface area contributed by atoms with E-state index in [9.17, 15) is 9.90 Å². The number of amides is 1. The van der Waals surface area contributed by atoms with E-state index in [-0.39, 0.29) is 5.91 Å².